The molecule has 0 radical (unpaired) electrons. The van der Waals surface area contributed by atoms with Gasteiger partial charge in [-0.3, -0.25) is 9.59 Å². The van der Waals surface area contributed by atoms with Crippen molar-refractivity contribution in [2.45, 2.75) is 56.4 Å². The van der Waals surface area contributed by atoms with Crippen molar-refractivity contribution in [1.29, 1.82) is 0 Å². The minimum Gasteiger partial charge on any atom is -0.468 e. The number of piperidine rings is 1. The summed E-state index contributed by atoms with van der Waals surface area (Å²) in [5.41, 5.74) is 0.472. The highest BCUT2D eigenvalue weighted by Crippen LogP contribution is 2.37. The molecular weight excluding hydrogens is 440 g/mol. The largest absolute Gasteiger partial charge is 0.468 e. The maximum atomic E-state index is 13.4. The van der Waals surface area contributed by atoms with Crippen molar-refractivity contribution < 1.29 is 22.7 Å². The van der Waals surface area contributed by atoms with Crippen molar-refractivity contribution in [3.8, 4) is 0 Å². The van der Waals surface area contributed by atoms with Gasteiger partial charge in [0, 0.05) is 24.2 Å². The number of sulfonamides is 1. The molecule has 1 saturated heterocycles. The normalized spacial score (nSPS) is 16.3. The molecule has 0 aliphatic carbocycles. The van der Waals surface area contributed by atoms with Crippen LogP contribution in [0.5, 0.6) is 0 Å². The number of benzene rings is 2. The quantitative estimate of drug-likeness (QED) is 0.673. The molecule has 0 bridgehead atoms. The van der Waals surface area contributed by atoms with E-state index in [9.17, 15) is 18.0 Å². The fraction of sp³-hybridized carbons (Fsp3) is 0.440. The van der Waals surface area contributed by atoms with Crippen molar-refractivity contribution in [3.63, 3.8) is 0 Å². The summed E-state index contributed by atoms with van der Waals surface area (Å²) in [7, 11) is -2.39. The van der Waals surface area contributed by atoms with Gasteiger partial charge in [-0.15, -0.1) is 0 Å². The van der Waals surface area contributed by atoms with Gasteiger partial charge in [0.25, 0.3) is 5.91 Å². The zero-order valence-corrected chi connectivity index (χ0v) is 20.7. The Labute approximate surface area is 196 Å². The van der Waals surface area contributed by atoms with Gasteiger partial charge in [0.15, 0.2) is 0 Å². The maximum absolute atomic E-state index is 13.4. The molecule has 33 heavy (non-hydrogen) atoms. The average molecular weight is 473 g/mol. The summed E-state index contributed by atoms with van der Waals surface area (Å²) >= 11 is 0. The first-order valence-corrected chi connectivity index (χ1v) is 12.5. The standard InChI is InChI=1S/C25H32N2O5S/c1-18-11-12-20(33(30,31)26-24(2,3)4)17-21(18)22(28)27-15-13-25(14-16-27,23(29)32-5)19-9-7-6-8-10-19/h6-12,17,26H,13-16H2,1-5H3. The molecule has 3 rings (SSSR count). The van der Waals surface area contributed by atoms with Crippen LogP contribution >= 0.6 is 0 Å². The molecule has 0 saturated carbocycles. The van der Waals surface area contributed by atoms with Crippen molar-refractivity contribution in [2.24, 2.45) is 0 Å². The summed E-state index contributed by atoms with van der Waals surface area (Å²) in [6.45, 7) is 7.79. The van der Waals surface area contributed by atoms with Gasteiger partial charge in [-0.1, -0.05) is 36.4 Å². The second-order valence-corrected chi connectivity index (χ2v) is 11.2. The monoisotopic (exact) mass is 472 g/mol. The molecule has 1 fully saturated rings. The number of aryl methyl sites for hydroxylation is 1. The van der Waals surface area contributed by atoms with Gasteiger partial charge in [0.1, 0.15) is 0 Å². The molecule has 2 aromatic rings. The second-order valence-electron chi connectivity index (χ2n) is 9.56. The Kier molecular flexibility index (Phi) is 7.00. The Morgan fingerprint density at radius 2 is 1.64 bits per heavy atom. The number of nitrogens with zero attached hydrogens (tertiary/aromatic N) is 1. The summed E-state index contributed by atoms with van der Waals surface area (Å²) in [6.07, 6.45) is 0.857. The van der Waals surface area contributed by atoms with E-state index in [2.05, 4.69) is 4.72 Å². The van der Waals surface area contributed by atoms with Crippen LogP contribution in [0.2, 0.25) is 0 Å². The second kappa shape index (κ2) is 9.27. The molecule has 2 aromatic carbocycles. The number of rotatable bonds is 5. The van der Waals surface area contributed by atoms with E-state index in [-0.39, 0.29) is 16.8 Å². The molecule has 0 atom stereocenters. The van der Waals surface area contributed by atoms with Crippen LogP contribution in [0.25, 0.3) is 0 Å². The zero-order chi connectivity index (χ0) is 24.4. The average Bonchev–Trinajstić information content (AvgIpc) is 2.77. The third-order valence-corrected chi connectivity index (χ3v) is 7.75. The van der Waals surface area contributed by atoms with Crippen LogP contribution in [-0.4, -0.2) is 50.9 Å². The van der Waals surface area contributed by atoms with Crippen molar-refractivity contribution in [1.82, 2.24) is 9.62 Å². The molecular formula is C25H32N2O5S. The van der Waals surface area contributed by atoms with E-state index < -0.39 is 21.0 Å². The van der Waals surface area contributed by atoms with E-state index in [1.165, 1.54) is 19.2 Å². The number of carbonyl (C=O) groups excluding carboxylic acids is 2. The Balaban J connectivity index is 1.86. The predicted molar refractivity (Wildman–Crippen MR) is 127 cm³/mol. The van der Waals surface area contributed by atoms with E-state index in [4.69, 9.17) is 4.74 Å². The number of esters is 1. The molecule has 1 aliphatic heterocycles. The van der Waals surface area contributed by atoms with Crippen LogP contribution in [0.1, 0.15) is 55.1 Å². The Bertz CT molecular complexity index is 1130. The highest BCUT2D eigenvalue weighted by atomic mass is 32.2. The Hall–Kier alpha value is -2.71. The van der Waals surface area contributed by atoms with Gasteiger partial charge in [-0.05, 0) is 63.8 Å². The number of methoxy groups -OCH3 is 1. The summed E-state index contributed by atoms with van der Waals surface area (Å²) in [4.78, 5) is 27.9. The lowest BCUT2D eigenvalue weighted by Crippen LogP contribution is -2.49. The van der Waals surface area contributed by atoms with Crippen LogP contribution < -0.4 is 4.72 Å². The number of carbonyl (C=O) groups is 2. The van der Waals surface area contributed by atoms with Crippen LogP contribution in [-0.2, 0) is 25.0 Å². The summed E-state index contributed by atoms with van der Waals surface area (Å²) < 4.78 is 33.3. The Morgan fingerprint density at radius 3 is 2.18 bits per heavy atom. The maximum Gasteiger partial charge on any atom is 0.316 e. The van der Waals surface area contributed by atoms with Gasteiger partial charge >= 0.3 is 5.97 Å². The molecule has 0 aromatic heterocycles. The first-order chi connectivity index (χ1) is 15.4. The van der Waals surface area contributed by atoms with Gasteiger partial charge in [-0.25, -0.2) is 13.1 Å². The molecule has 0 spiro atoms. The van der Waals surface area contributed by atoms with Crippen LogP contribution in [0.15, 0.2) is 53.4 Å². The van der Waals surface area contributed by atoms with Crippen LogP contribution in [0.4, 0.5) is 0 Å². The van der Waals surface area contributed by atoms with Crippen molar-refractivity contribution in [2.75, 3.05) is 20.2 Å². The molecule has 178 valence electrons. The minimum absolute atomic E-state index is 0.0524. The van der Waals surface area contributed by atoms with Crippen molar-refractivity contribution in [3.05, 3.63) is 65.2 Å². The van der Waals surface area contributed by atoms with Gasteiger partial charge in [-0.2, -0.15) is 0 Å². The molecule has 1 heterocycles. The van der Waals surface area contributed by atoms with Gasteiger partial charge in [0.05, 0.1) is 17.4 Å². The topological polar surface area (TPSA) is 92.8 Å². The highest BCUT2D eigenvalue weighted by molar-refractivity contribution is 7.89. The SMILES string of the molecule is COC(=O)C1(c2ccccc2)CCN(C(=O)c2cc(S(=O)(=O)NC(C)(C)C)ccc2C)CC1. The molecule has 0 unspecified atom stereocenters. The summed E-state index contributed by atoms with van der Waals surface area (Å²) in [6, 6.07) is 14.1. The summed E-state index contributed by atoms with van der Waals surface area (Å²) in [5, 5.41) is 0. The smallest absolute Gasteiger partial charge is 0.316 e. The van der Waals surface area contributed by atoms with E-state index in [1.54, 1.807) is 38.7 Å². The lowest BCUT2D eigenvalue weighted by Gasteiger charge is -2.40. The number of hydrogen-bond donors (Lipinski definition) is 1. The number of hydrogen-bond acceptors (Lipinski definition) is 5. The predicted octanol–water partition coefficient (Wildman–Crippen LogP) is 3.42. The van der Waals surface area contributed by atoms with Gasteiger partial charge < -0.3 is 9.64 Å². The highest BCUT2D eigenvalue weighted by Gasteiger charge is 2.45. The number of ether oxygens (including phenoxy) is 1. The van der Waals surface area contributed by atoms with Crippen molar-refractivity contribution >= 4 is 21.9 Å². The zero-order valence-electron chi connectivity index (χ0n) is 19.8. The molecule has 8 heteroatoms. The molecule has 7 nitrogen and oxygen atoms in total. The summed E-state index contributed by atoms with van der Waals surface area (Å²) in [5.74, 6) is -0.551. The Morgan fingerprint density at radius 1 is 1.03 bits per heavy atom. The molecule has 1 amide bonds. The number of likely N-dealkylation sites (tertiary alicyclic amines) is 1. The first kappa shape index (κ1) is 24.9. The number of nitrogens with one attached hydrogen (secondary N) is 1. The lowest BCUT2D eigenvalue weighted by atomic mass is 9.72. The molecule has 1 N–H and O–H groups in total. The lowest BCUT2D eigenvalue weighted by molar-refractivity contribution is -0.149. The van der Waals surface area contributed by atoms with E-state index in [0.29, 0.717) is 37.1 Å². The fourth-order valence-electron chi connectivity index (χ4n) is 4.29. The third-order valence-electron chi connectivity index (χ3n) is 6.00. The van der Waals surface area contributed by atoms with Crippen LogP contribution in [0, 0.1) is 6.92 Å². The van der Waals surface area contributed by atoms with E-state index in [1.807, 2.05) is 30.3 Å². The number of amides is 1. The first-order valence-electron chi connectivity index (χ1n) is 11.0. The van der Waals surface area contributed by atoms with E-state index in [0.717, 1.165) is 5.56 Å². The minimum atomic E-state index is -3.77. The van der Waals surface area contributed by atoms with E-state index >= 15 is 0 Å². The van der Waals surface area contributed by atoms with Crippen LogP contribution in [0.3, 0.4) is 0 Å². The molecule has 1 aliphatic rings. The fourth-order valence-corrected chi connectivity index (χ4v) is 5.73. The third kappa shape index (κ3) is 5.28. The van der Waals surface area contributed by atoms with Gasteiger partial charge in [0.2, 0.25) is 10.0 Å².